The second kappa shape index (κ2) is 8.94. The summed E-state index contributed by atoms with van der Waals surface area (Å²) in [5.74, 6) is 1.31. The number of aromatic nitrogens is 1. The number of benzene rings is 3. The second-order valence-corrected chi connectivity index (χ2v) is 8.11. The monoisotopic (exact) mass is 470 g/mol. The highest BCUT2D eigenvalue weighted by atomic mass is 16.6. The van der Waals surface area contributed by atoms with E-state index in [9.17, 15) is 14.9 Å². The predicted octanol–water partition coefficient (Wildman–Crippen LogP) is 4.56. The van der Waals surface area contributed by atoms with E-state index in [1.165, 1.54) is 12.1 Å². The number of hydrazone groups is 1. The molecule has 0 spiro atoms. The quantitative estimate of drug-likeness (QED) is 0.315. The maximum Gasteiger partial charge on any atom is 0.270 e. The molecule has 1 atom stereocenters. The van der Waals surface area contributed by atoms with Crippen LogP contribution in [0.1, 0.15) is 23.6 Å². The number of pyridine rings is 1. The molecule has 0 radical (unpaired) electrons. The average Bonchev–Trinajstić information content (AvgIpc) is 3.37. The Kier molecular flexibility index (Phi) is 5.66. The molecule has 2 N–H and O–H groups in total. The molecule has 176 valence electrons. The Morgan fingerprint density at radius 3 is 2.51 bits per heavy atom. The lowest BCUT2D eigenvalue weighted by Gasteiger charge is -2.16. The van der Waals surface area contributed by atoms with Crippen LogP contribution in [0, 0.1) is 10.1 Å². The van der Waals surface area contributed by atoms with Gasteiger partial charge in [0.1, 0.15) is 11.5 Å². The molecule has 1 aromatic heterocycles. The Hall–Kier alpha value is -4.66. The van der Waals surface area contributed by atoms with Crippen molar-refractivity contribution in [2.75, 3.05) is 14.2 Å². The van der Waals surface area contributed by atoms with Crippen LogP contribution in [0.4, 0.5) is 5.69 Å². The van der Waals surface area contributed by atoms with Crippen LogP contribution in [0.5, 0.6) is 11.5 Å². The van der Waals surface area contributed by atoms with E-state index < -0.39 is 4.92 Å². The van der Waals surface area contributed by atoms with Crippen molar-refractivity contribution in [2.45, 2.75) is 12.5 Å². The Morgan fingerprint density at radius 2 is 1.80 bits per heavy atom. The van der Waals surface area contributed by atoms with Crippen molar-refractivity contribution in [2.24, 2.45) is 5.10 Å². The summed E-state index contributed by atoms with van der Waals surface area (Å²) in [5, 5.41) is 16.6. The smallest absolute Gasteiger partial charge is 0.270 e. The third-order valence-corrected chi connectivity index (χ3v) is 6.13. The number of methoxy groups -OCH3 is 2. The summed E-state index contributed by atoms with van der Waals surface area (Å²) < 4.78 is 10.8. The summed E-state index contributed by atoms with van der Waals surface area (Å²) in [6.45, 7) is 0. The fourth-order valence-electron chi connectivity index (χ4n) is 4.46. The van der Waals surface area contributed by atoms with Crippen molar-refractivity contribution >= 4 is 22.3 Å². The molecule has 4 aromatic rings. The van der Waals surface area contributed by atoms with Crippen molar-refractivity contribution in [3.63, 3.8) is 0 Å². The van der Waals surface area contributed by atoms with Gasteiger partial charge in [-0.05, 0) is 23.8 Å². The standard InChI is InChI=1S/C26H22N4O5/c1-34-17-9-10-18(23(13-17)35-2)21-14-22(29-28-21)25-24(15-6-4-3-5-7-15)19-12-16(30(32)33)8-11-20(19)27-26(25)31/h3-13,21,28H,14H2,1-2H3,(H,27,31)/t21-/m0/s1. The molecule has 0 saturated heterocycles. The van der Waals surface area contributed by atoms with Gasteiger partial charge in [-0.1, -0.05) is 30.3 Å². The summed E-state index contributed by atoms with van der Waals surface area (Å²) in [6.07, 6.45) is 0.423. The van der Waals surface area contributed by atoms with Crippen molar-refractivity contribution < 1.29 is 14.4 Å². The van der Waals surface area contributed by atoms with Gasteiger partial charge in [0.05, 0.1) is 36.5 Å². The summed E-state index contributed by atoms with van der Waals surface area (Å²) in [7, 11) is 3.17. The summed E-state index contributed by atoms with van der Waals surface area (Å²) in [4.78, 5) is 27.3. The predicted molar refractivity (Wildman–Crippen MR) is 133 cm³/mol. The van der Waals surface area contributed by atoms with Crippen LogP contribution in [0.3, 0.4) is 0 Å². The zero-order valence-corrected chi connectivity index (χ0v) is 19.1. The number of rotatable bonds is 6. The Balaban J connectivity index is 1.65. The molecule has 3 aromatic carbocycles. The van der Waals surface area contributed by atoms with Gasteiger partial charge >= 0.3 is 0 Å². The number of fused-ring (bicyclic) bond motifs is 1. The van der Waals surface area contributed by atoms with E-state index in [1.54, 1.807) is 26.4 Å². The van der Waals surface area contributed by atoms with E-state index >= 15 is 0 Å². The molecule has 0 unspecified atom stereocenters. The third-order valence-electron chi connectivity index (χ3n) is 6.13. The number of H-pyrrole nitrogens is 1. The van der Waals surface area contributed by atoms with Crippen LogP contribution in [0.25, 0.3) is 22.0 Å². The van der Waals surface area contributed by atoms with Crippen LogP contribution in [-0.4, -0.2) is 29.8 Å². The molecule has 2 heterocycles. The second-order valence-electron chi connectivity index (χ2n) is 8.11. The van der Waals surface area contributed by atoms with Crippen LogP contribution < -0.4 is 20.5 Å². The van der Waals surface area contributed by atoms with Crippen LogP contribution in [0.15, 0.2) is 76.6 Å². The van der Waals surface area contributed by atoms with Gasteiger partial charge in [0.25, 0.3) is 11.2 Å². The molecule has 5 rings (SSSR count). The number of nitrogens with zero attached hydrogens (tertiary/aromatic N) is 2. The maximum absolute atomic E-state index is 13.3. The van der Waals surface area contributed by atoms with Crippen molar-refractivity contribution in [3.05, 3.63) is 98.3 Å². The lowest BCUT2D eigenvalue weighted by Crippen LogP contribution is -2.20. The number of nitro groups is 1. The fourth-order valence-corrected chi connectivity index (χ4v) is 4.46. The molecule has 0 fully saturated rings. The SMILES string of the molecule is COc1ccc([C@@H]2CC(c3c(-c4ccccc4)c4cc([N+](=O)[O-])ccc4[nH]c3=O)=NN2)c(OC)c1. The molecule has 1 aliphatic rings. The van der Waals surface area contributed by atoms with Crippen LogP contribution in [-0.2, 0) is 0 Å². The fraction of sp³-hybridized carbons (Fsp3) is 0.154. The van der Waals surface area contributed by atoms with E-state index in [0.29, 0.717) is 45.7 Å². The van der Waals surface area contributed by atoms with Gasteiger partial charge in [0.15, 0.2) is 0 Å². The van der Waals surface area contributed by atoms with Crippen LogP contribution >= 0.6 is 0 Å². The molecular weight excluding hydrogens is 448 g/mol. The third kappa shape index (κ3) is 3.97. The first-order chi connectivity index (χ1) is 17.0. The average molecular weight is 470 g/mol. The molecule has 0 saturated carbocycles. The van der Waals surface area contributed by atoms with Crippen LogP contribution in [0.2, 0.25) is 0 Å². The summed E-state index contributed by atoms with van der Waals surface area (Å²) in [6, 6.07) is 19.1. The van der Waals surface area contributed by atoms with E-state index in [2.05, 4.69) is 15.5 Å². The molecule has 1 aliphatic heterocycles. The first kappa shape index (κ1) is 22.1. The largest absolute Gasteiger partial charge is 0.497 e. The summed E-state index contributed by atoms with van der Waals surface area (Å²) >= 11 is 0. The highest BCUT2D eigenvalue weighted by Gasteiger charge is 2.29. The van der Waals surface area contributed by atoms with Crippen molar-refractivity contribution in [1.82, 2.24) is 10.4 Å². The lowest BCUT2D eigenvalue weighted by molar-refractivity contribution is -0.384. The van der Waals surface area contributed by atoms with Crippen molar-refractivity contribution in [1.29, 1.82) is 0 Å². The van der Waals surface area contributed by atoms with E-state index in [1.807, 2.05) is 42.5 Å². The molecule has 0 amide bonds. The van der Waals surface area contributed by atoms with Gasteiger partial charge in [-0.2, -0.15) is 5.10 Å². The highest BCUT2D eigenvalue weighted by molar-refractivity contribution is 6.12. The van der Waals surface area contributed by atoms with Gasteiger partial charge in [-0.25, -0.2) is 0 Å². The number of ether oxygens (including phenoxy) is 2. The Bertz CT molecular complexity index is 1530. The van der Waals surface area contributed by atoms with Gasteiger partial charge in [0.2, 0.25) is 0 Å². The van der Waals surface area contributed by atoms with E-state index in [4.69, 9.17) is 9.47 Å². The minimum atomic E-state index is -0.445. The first-order valence-corrected chi connectivity index (χ1v) is 10.9. The van der Waals surface area contributed by atoms with E-state index in [-0.39, 0.29) is 17.3 Å². The van der Waals surface area contributed by atoms with Gasteiger partial charge < -0.3 is 19.9 Å². The Morgan fingerprint density at radius 1 is 1.00 bits per heavy atom. The lowest BCUT2D eigenvalue weighted by atomic mass is 9.91. The van der Waals surface area contributed by atoms with Gasteiger partial charge in [0, 0.05) is 46.6 Å². The molecular formula is C26H22N4O5. The number of hydrogen-bond acceptors (Lipinski definition) is 7. The van der Waals surface area contributed by atoms with Crippen molar-refractivity contribution in [3.8, 4) is 22.6 Å². The highest BCUT2D eigenvalue weighted by Crippen LogP contribution is 2.37. The maximum atomic E-state index is 13.3. The molecule has 9 nitrogen and oxygen atoms in total. The molecule has 0 bridgehead atoms. The number of nitro benzene ring substituents is 1. The molecule has 35 heavy (non-hydrogen) atoms. The van der Waals surface area contributed by atoms with E-state index in [0.717, 1.165) is 11.1 Å². The zero-order valence-electron chi connectivity index (χ0n) is 19.1. The molecule has 9 heteroatoms. The number of nitrogens with one attached hydrogen (secondary N) is 2. The minimum absolute atomic E-state index is 0.0555. The topological polar surface area (TPSA) is 119 Å². The summed E-state index contributed by atoms with van der Waals surface area (Å²) in [5.41, 5.74) is 6.46. The Labute approximate surface area is 200 Å². The first-order valence-electron chi connectivity index (χ1n) is 10.9. The van der Waals surface area contributed by atoms with Gasteiger partial charge in [-0.3, -0.25) is 14.9 Å². The minimum Gasteiger partial charge on any atom is -0.497 e. The number of non-ortho nitro benzene ring substituents is 1. The normalized spacial score (nSPS) is 14.9. The number of hydrogen-bond donors (Lipinski definition) is 2. The zero-order chi connectivity index (χ0) is 24.5. The number of aromatic amines is 1. The van der Waals surface area contributed by atoms with Gasteiger partial charge in [-0.15, -0.1) is 0 Å². The molecule has 0 aliphatic carbocycles.